The van der Waals surface area contributed by atoms with E-state index in [1.54, 1.807) is 11.9 Å². The predicted molar refractivity (Wildman–Crippen MR) is 77.1 cm³/mol. The van der Waals surface area contributed by atoms with E-state index in [1.807, 2.05) is 32.0 Å². The lowest BCUT2D eigenvalue weighted by Crippen LogP contribution is -2.27. The van der Waals surface area contributed by atoms with Crippen molar-refractivity contribution in [1.82, 2.24) is 0 Å². The lowest BCUT2D eigenvalue weighted by atomic mass is 10.00. The van der Waals surface area contributed by atoms with Crippen molar-refractivity contribution in [2.24, 2.45) is 5.73 Å². The van der Waals surface area contributed by atoms with Gasteiger partial charge in [0.05, 0.1) is 6.42 Å². The minimum Gasteiger partial charge on any atom is -0.374 e. The number of nitrogens with zero attached hydrogens (tertiary/aromatic N) is 1. The maximum absolute atomic E-state index is 12.3. The predicted octanol–water partition coefficient (Wildman–Crippen LogP) is 3.66. The Kier molecular flexibility index (Phi) is 5.87. The summed E-state index contributed by atoms with van der Waals surface area (Å²) in [5, 5.41) is 0. The molecule has 0 saturated heterocycles. The highest BCUT2D eigenvalue weighted by Crippen LogP contribution is 2.25. The van der Waals surface area contributed by atoms with Crippen molar-refractivity contribution >= 4 is 5.69 Å². The summed E-state index contributed by atoms with van der Waals surface area (Å²) in [6, 6.07) is 5.84. The summed E-state index contributed by atoms with van der Waals surface area (Å²) in [6.45, 7) is 3.94. The summed E-state index contributed by atoms with van der Waals surface area (Å²) in [7, 11) is 1.69. The van der Waals surface area contributed by atoms with Gasteiger partial charge in [0.2, 0.25) is 0 Å². The average Bonchev–Trinajstić information content (AvgIpc) is 2.35. The van der Waals surface area contributed by atoms with Crippen LogP contribution in [0.3, 0.4) is 0 Å². The number of rotatable bonds is 6. The third-order valence-electron chi connectivity index (χ3n) is 3.38. The van der Waals surface area contributed by atoms with Gasteiger partial charge in [-0.1, -0.05) is 24.6 Å². The molecule has 20 heavy (non-hydrogen) atoms. The highest BCUT2D eigenvalue weighted by Gasteiger charge is 2.27. The van der Waals surface area contributed by atoms with E-state index in [-0.39, 0.29) is 12.6 Å². The number of nitrogens with two attached hydrogens (primary N) is 1. The number of hydrogen-bond acceptors (Lipinski definition) is 2. The molecule has 0 radical (unpaired) electrons. The molecule has 5 heteroatoms. The molecule has 0 amide bonds. The summed E-state index contributed by atoms with van der Waals surface area (Å²) < 4.78 is 36.9. The molecule has 2 nitrogen and oxygen atoms in total. The van der Waals surface area contributed by atoms with Crippen LogP contribution in [0.1, 0.15) is 30.9 Å². The maximum Gasteiger partial charge on any atom is 0.390 e. The summed E-state index contributed by atoms with van der Waals surface area (Å²) in [6.07, 6.45) is -3.40. The number of benzene rings is 1. The van der Waals surface area contributed by atoms with E-state index in [2.05, 4.69) is 0 Å². The van der Waals surface area contributed by atoms with Crippen molar-refractivity contribution in [2.45, 2.75) is 45.3 Å². The van der Waals surface area contributed by atoms with Gasteiger partial charge in [-0.3, -0.25) is 0 Å². The highest BCUT2D eigenvalue weighted by atomic mass is 19.4. The van der Waals surface area contributed by atoms with Gasteiger partial charge in [-0.25, -0.2) is 0 Å². The highest BCUT2D eigenvalue weighted by molar-refractivity contribution is 5.54. The van der Waals surface area contributed by atoms with Gasteiger partial charge in [-0.2, -0.15) is 13.2 Å². The SMILES string of the molecule is CCC(N)Cc1cc(C)ccc1N(C)CCC(F)(F)F. The van der Waals surface area contributed by atoms with Crippen molar-refractivity contribution in [3.63, 3.8) is 0 Å². The van der Waals surface area contributed by atoms with Gasteiger partial charge in [0.15, 0.2) is 0 Å². The van der Waals surface area contributed by atoms with Crippen LogP contribution < -0.4 is 10.6 Å². The van der Waals surface area contributed by atoms with Gasteiger partial charge in [-0.15, -0.1) is 0 Å². The molecule has 0 bridgehead atoms. The Bertz CT molecular complexity index is 430. The minimum atomic E-state index is -4.13. The summed E-state index contributed by atoms with van der Waals surface area (Å²) in [5.74, 6) is 0. The standard InChI is InChI=1S/C15H23F3N2/c1-4-13(19)10-12-9-11(2)5-6-14(12)20(3)8-7-15(16,17)18/h5-6,9,13H,4,7-8,10,19H2,1-3H3. The molecule has 2 N–H and O–H groups in total. The number of hydrogen-bond donors (Lipinski definition) is 1. The van der Waals surface area contributed by atoms with E-state index in [4.69, 9.17) is 5.73 Å². The number of anilines is 1. The van der Waals surface area contributed by atoms with Crippen molar-refractivity contribution < 1.29 is 13.2 Å². The van der Waals surface area contributed by atoms with Crippen molar-refractivity contribution in [3.05, 3.63) is 29.3 Å². The summed E-state index contributed by atoms with van der Waals surface area (Å²) in [5.41, 5.74) is 8.92. The smallest absolute Gasteiger partial charge is 0.374 e. The van der Waals surface area contributed by atoms with E-state index >= 15 is 0 Å². The van der Waals surface area contributed by atoms with Crippen LogP contribution in [0.25, 0.3) is 0 Å². The third kappa shape index (κ3) is 5.41. The van der Waals surface area contributed by atoms with Crippen LogP contribution in [-0.4, -0.2) is 25.8 Å². The molecule has 0 heterocycles. The fraction of sp³-hybridized carbons (Fsp3) is 0.600. The van der Waals surface area contributed by atoms with Crippen LogP contribution in [0.2, 0.25) is 0 Å². The molecule has 114 valence electrons. The minimum absolute atomic E-state index is 0.0339. The van der Waals surface area contributed by atoms with E-state index < -0.39 is 12.6 Å². The van der Waals surface area contributed by atoms with Crippen LogP contribution in [0.4, 0.5) is 18.9 Å². The van der Waals surface area contributed by atoms with Gasteiger partial charge in [-0.05, 0) is 31.4 Å². The average molecular weight is 288 g/mol. The van der Waals surface area contributed by atoms with E-state index in [0.717, 1.165) is 23.2 Å². The van der Waals surface area contributed by atoms with E-state index in [1.165, 1.54) is 0 Å². The Morgan fingerprint density at radius 3 is 2.50 bits per heavy atom. The monoisotopic (exact) mass is 288 g/mol. The molecule has 0 spiro atoms. The fourth-order valence-electron chi connectivity index (χ4n) is 2.09. The first kappa shape index (κ1) is 16.8. The van der Waals surface area contributed by atoms with Gasteiger partial charge in [0.25, 0.3) is 0 Å². The van der Waals surface area contributed by atoms with Crippen molar-refractivity contribution in [3.8, 4) is 0 Å². The van der Waals surface area contributed by atoms with Crippen molar-refractivity contribution in [2.75, 3.05) is 18.5 Å². The Morgan fingerprint density at radius 1 is 1.30 bits per heavy atom. The van der Waals surface area contributed by atoms with E-state index in [0.29, 0.717) is 6.42 Å². The fourth-order valence-corrected chi connectivity index (χ4v) is 2.09. The molecule has 0 aliphatic heterocycles. The van der Waals surface area contributed by atoms with E-state index in [9.17, 15) is 13.2 Å². The molecule has 1 unspecified atom stereocenters. The first-order chi connectivity index (χ1) is 9.23. The summed E-state index contributed by atoms with van der Waals surface area (Å²) in [4.78, 5) is 1.66. The molecule has 0 saturated carbocycles. The Balaban J connectivity index is 2.87. The molecule has 1 atom stereocenters. The number of alkyl halides is 3. The maximum atomic E-state index is 12.3. The van der Waals surface area contributed by atoms with Crippen LogP contribution in [0, 0.1) is 6.92 Å². The molecule has 0 aliphatic rings. The van der Waals surface area contributed by atoms with Gasteiger partial charge >= 0.3 is 6.18 Å². The molecule has 1 aromatic carbocycles. The molecule has 0 aromatic heterocycles. The normalized spacial score (nSPS) is 13.3. The lowest BCUT2D eigenvalue weighted by Gasteiger charge is -2.24. The molecular formula is C15H23F3N2. The second-order valence-corrected chi connectivity index (χ2v) is 5.29. The van der Waals surface area contributed by atoms with Crippen LogP contribution >= 0.6 is 0 Å². The second kappa shape index (κ2) is 6.97. The van der Waals surface area contributed by atoms with Crippen LogP contribution in [0.5, 0.6) is 0 Å². The lowest BCUT2D eigenvalue weighted by molar-refractivity contribution is -0.132. The first-order valence-electron chi connectivity index (χ1n) is 6.86. The van der Waals surface area contributed by atoms with Gasteiger partial charge < -0.3 is 10.6 Å². The molecule has 0 aliphatic carbocycles. The Morgan fingerprint density at radius 2 is 1.95 bits per heavy atom. The third-order valence-corrected chi connectivity index (χ3v) is 3.38. The van der Waals surface area contributed by atoms with Crippen LogP contribution in [0.15, 0.2) is 18.2 Å². The Labute approximate surface area is 118 Å². The largest absolute Gasteiger partial charge is 0.390 e. The molecule has 0 fully saturated rings. The zero-order valence-electron chi connectivity index (χ0n) is 12.3. The molecule has 1 aromatic rings. The first-order valence-corrected chi connectivity index (χ1v) is 6.86. The topological polar surface area (TPSA) is 29.3 Å². The van der Waals surface area contributed by atoms with Gasteiger partial charge in [0, 0.05) is 25.3 Å². The zero-order chi connectivity index (χ0) is 15.3. The Hall–Kier alpha value is -1.23. The number of halogens is 3. The molecular weight excluding hydrogens is 265 g/mol. The number of aryl methyl sites for hydroxylation is 1. The second-order valence-electron chi connectivity index (χ2n) is 5.29. The van der Waals surface area contributed by atoms with Crippen molar-refractivity contribution in [1.29, 1.82) is 0 Å². The molecule has 1 rings (SSSR count). The quantitative estimate of drug-likeness (QED) is 0.865. The summed E-state index contributed by atoms with van der Waals surface area (Å²) >= 11 is 0. The zero-order valence-corrected chi connectivity index (χ0v) is 12.3. The van der Waals surface area contributed by atoms with Crippen LogP contribution in [-0.2, 0) is 6.42 Å². The van der Waals surface area contributed by atoms with Gasteiger partial charge in [0.1, 0.15) is 0 Å².